The maximum Gasteiger partial charge on any atom is 0.116 e. The molecule has 0 aliphatic carbocycles. The molecule has 13 heavy (non-hydrogen) atoms. The molecule has 72 valence electrons. The first-order valence-electron chi connectivity index (χ1n) is 4.58. The van der Waals surface area contributed by atoms with Crippen LogP contribution in [0.1, 0.15) is 24.5 Å². The molecule has 2 heteroatoms. The van der Waals surface area contributed by atoms with E-state index in [1.165, 1.54) is 22.4 Å². The van der Waals surface area contributed by atoms with Gasteiger partial charge in [-0.1, -0.05) is 6.92 Å². The zero-order valence-corrected chi connectivity index (χ0v) is 9.24. The number of benzene rings is 1. The molecule has 0 atom stereocenters. The van der Waals surface area contributed by atoms with Crippen molar-refractivity contribution < 1.29 is 5.11 Å². The van der Waals surface area contributed by atoms with E-state index >= 15 is 0 Å². The van der Waals surface area contributed by atoms with E-state index < -0.39 is 0 Å². The highest BCUT2D eigenvalue weighted by Crippen LogP contribution is 2.29. The summed E-state index contributed by atoms with van der Waals surface area (Å²) in [5.41, 5.74) is 2.35. The van der Waals surface area contributed by atoms with Crippen LogP contribution in [0.25, 0.3) is 0 Å². The summed E-state index contributed by atoms with van der Waals surface area (Å²) >= 11 is 1.87. The average molecular weight is 196 g/mol. The van der Waals surface area contributed by atoms with Crippen LogP contribution in [0.5, 0.6) is 5.75 Å². The highest BCUT2D eigenvalue weighted by Gasteiger charge is 2.04. The molecule has 0 saturated heterocycles. The normalized spacial score (nSPS) is 10.4. The largest absolute Gasteiger partial charge is 0.508 e. The van der Waals surface area contributed by atoms with Crippen molar-refractivity contribution in [2.24, 2.45) is 0 Å². The number of aryl methyl sites for hydroxylation is 2. The minimum absolute atomic E-state index is 0.371. The van der Waals surface area contributed by atoms with Crippen molar-refractivity contribution >= 4 is 11.8 Å². The molecule has 0 bridgehead atoms. The van der Waals surface area contributed by atoms with Gasteiger partial charge in [0.1, 0.15) is 5.75 Å². The van der Waals surface area contributed by atoms with Crippen LogP contribution in [-0.4, -0.2) is 10.9 Å². The third kappa shape index (κ3) is 2.66. The Morgan fingerprint density at radius 1 is 1.23 bits per heavy atom. The van der Waals surface area contributed by atoms with Gasteiger partial charge in [0.15, 0.2) is 0 Å². The summed E-state index contributed by atoms with van der Waals surface area (Å²) in [5.74, 6) is 1.52. The van der Waals surface area contributed by atoms with Crippen LogP contribution in [0.4, 0.5) is 0 Å². The standard InChI is InChI=1S/C11H16OS/c1-4-5-13-11-8(2)6-10(12)7-9(11)3/h6-7,12H,4-5H2,1-3H3. The molecule has 1 rings (SSSR count). The Balaban J connectivity index is 2.92. The lowest BCUT2D eigenvalue weighted by Crippen LogP contribution is -1.86. The Hall–Kier alpha value is -0.630. The first kappa shape index (κ1) is 10.5. The predicted octanol–water partition coefficient (Wildman–Crippen LogP) is 3.51. The number of aromatic hydroxyl groups is 1. The van der Waals surface area contributed by atoms with Gasteiger partial charge >= 0.3 is 0 Å². The lowest BCUT2D eigenvalue weighted by Gasteiger charge is -2.09. The SMILES string of the molecule is CCCSc1c(C)cc(O)cc1C. The quantitative estimate of drug-likeness (QED) is 0.746. The highest BCUT2D eigenvalue weighted by molar-refractivity contribution is 7.99. The molecule has 0 aliphatic heterocycles. The Kier molecular flexibility index (Phi) is 3.67. The summed E-state index contributed by atoms with van der Waals surface area (Å²) in [4.78, 5) is 1.32. The maximum absolute atomic E-state index is 9.33. The maximum atomic E-state index is 9.33. The molecular weight excluding hydrogens is 180 g/mol. The van der Waals surface area contributed by atoms with E-state index in [9.17, 15) is 5.11 Å². The van der Waals surface area contributed by atoms with E-state index in [2.05, 4.69) is 6.92 Å². The van der Waals surface area contributed by atoms with Gasteiger partial charge in [-0.3, -0.25) is 0 Å². The molecule has 0 unspecified atom stereocenters. The number of phenolic OH excluding ortho intramolecular Hbond substituents is 1. The van der Waals surface area contributed by atoms with Gasteiger partial charge in [0.2, 0.25) is 0 Å². The molecule has 0 saturated carbocycles. The number of hydrogen-bond donors (Lipinski definition) is 1. The van der Waals surface area contributed by atoms with Crippen LogP contribution in [-0.2, 0) is 0 Å². The third-order valence-electron chi connectivity index (χ3n) is 1.90. The van der Waals surface area contributed by atoms with Crippen molar-refractivity contribution in [2.75, 3.05) is 5.75 Å². The molecule has 0 radical (unpaired) electrons. The second-order valence-electron chi connectivity index (χ2n) is 3.26. The van der Waals surface area contributed by atoms with Gasteiger partial charge in [-0.2, -0.15) is 0 Å². The zero-order valence-electron chi connectivity index (χ0n) is 8.42. The van der Waals surface area contributed by atoms with Gasteiger partial charge in [-0.25, -0.2) is 0 Å². The van der Waals surface area contributed by atoms with Gasteiger partial charge in [0.25, 0.3) is 0 Å². The van der Waals surface area contributed by atoms with Crippen molar-refractivity contribution in [3.63, 3.8) is 0 Å². The highest BCUT2D eigenvalue weighted by atomic mass is 32.2. The molecule has 1 aromatic carbocycles. The molecule has 0 fully saturated rings. The van der Waals surface area contributed by atoms with E-state index in [0.29, 0.717) is 5.75 Å². The lowest BCUT2D eigenvalue weighted by molar-refractivity contribution is 0.474. The number of rotatable bonds is 3. The summed E-state index contributed by atoms with van der Waals surface area (Å²) in [6.07, 6.45) is 1.18. The fourth-order valence-electron chi connectivity index (χ4n) is 1.36. The lowest BCUT2D eigenvalue weighted by atomic mass is 10.1. The minimum atomic E-state index is 0.371. The smallest absolute Gasteiger partial charge is 0.116 e. The Morgan fingerprint density at radius 2 is 1.77 bits per heavy atom. The Morgan fingerprint density at radius 3 is 2.23 bits per heavy atom. The molecule has 0 aliphatic rings. The van der Waals surface area contributed by atoms with Crippen LogP contribution < -0.4 is 0 Å². The molecule has 0 amide bonds. The summed E-state index contributed by atoms with van der Waals surface area (Å²) in [5, 5.41) is 9.33. The second kappa shape index (κ2) is 4.56. The monoisotopic (exact) mass is 196 g/mol. The number of thioether (sulfide) groups is 1. The Labute approximate surface area is 84.2 Å². The fourth-order valence-corrected chi connectivity index (χ4v) is 2.34. The third-order valence-corrected chi connectivity index (χ3v) is 3.44. The predicted molar refractivity (Wildman–Crippen MR) is 58.6 cm³/mol. The first-order valence-corrected chi connectivity index (χ1v) is 5.56. The molecule has 0 aromatic heterocycles. The fraction of sp³-hybridized carbons (Fsp3) is 0.455. The van der Waals surface area contributed by atoms with Gasteiger partial charge in [-0.15, -0.1) is 11.8 Å². The van der Waals surface area contributed by atoms with E-state index in [1.807, 2.05) is 37.7 Å². The topological polar surface area (TPSA) is 20.2 Å². The first-order chi connectivity index (χ1) is 6.15. The van der Waals surface area contributed by atoms with E-state index in [1.54, 1.807) is 0 Å². The summed E-state index contributed by atoms with van der Waals surface area (Å²) in [6.45, 7) is 6.27. The van der Waals surface area contributed by atoms with Crippen LogP contribution in [0.3, 0.4) is 0 Å². The number of hydrogen-bond acceptors (Lipinski definition) is 2. The van der Waals surface area contributed by atoms with Gasteiger partial charge in [0, 0.05) is 4.90 Å². The van der Waals surface area contributed by atoms with Crippen molar-refractivity contribution in [3.05, 3.63) is 23.3 Å². The van der Waals surface area contributed by atoms with E-state index in [0.717, 1.165) is 5.75 Å². The zero-order chi connectivity index (χ0) is 9.84. The van der Waals surface area contributed by atoms with Crippen molar-refractivity contribution in [2.45, 2.75) is 32.1 Å². The van der Waals surface area contributed by atoms with E-state index in [4.69, 9.17) is 0 Å². The van der Waals surface area contributed by atoms with Crippen LogP contribution >= 0.6 is 11.8 Å². The summed E-state index contributed by atoms with van der Waals surface area (Å²) in [6, 6.07) is 3.65. The van der Waals surface area contributed by atoms with Crippen molar-refractivity contribution in [3.8, 4) is 5.75 Å². The molecule has 1 nitrogen and oxygen atoms in total. The van der Waals surface area contributed by atoms with Gasteiger partial charge in [0.05, 0.1) is 0 Å². The number of phenols is 1. The summed E-state index contributed by atoms with van der Waals surface area (Å²) in [7, 11) is 0. The Bertz CT molecular complexity index is 271. The minimum Gasteiger partial charge on any atom is -0.508 e. The van der Waals surface area contributed by atoms with Gasteiger partial charge in [-0.05, 0) is 49.3 Å². The van der Waals surface area contributed by atoms with Crippen molar-refractivity contribution in [1.29, 1.82) is 0 Å². The van der Waals surface area contributed by atoms with Crippen molar-refractivity contribution in [1.82, 2.24) is 0 Å². The van der Waals surface area contributed by atoms with Crippen LogP contribution in [0.2, 0.25) is 0 Å². The van der Waals surface area contributed by atoms with Gasteiger partial charge < -0.3 is 5.11 Å². The molecular formula is C11H16OS. The van der Waals surface area contributed by atoms with E-state index in [-0.39, 0.29) is 0 Å². The average Bonchev–Trinajstić information content (AvgIpc) is 2.02. The van der Waals surface area contributed by atoms with Crippen LogP contribution in [0.15, 0.2) is 17.0 Å². The second-order valence-corrected chi connectivity index (χ2v) is 4.36. The summed E-state index contributed by atoms with van der Waals surface area (Å²) < 4.78 is 0. The molecule has 0 heterocycles. The van der Waals surface area contributed by atoms with Crippen LogP contribution in [0, 0.1) is 13.8 Å². The molecule has 1 aromatic rings. The molecule has 0 spiro atoms. The molecule has 1 N–H and O–H groups in total.